The van der Waals surface area contributed by atoms with Crippen molar-refractivity contribution in [1.82, 2.24) is 5.32 Å². The average molecular weight is 341 g/mol. The third-order valence-corrected chi connectivity index (χ3v) is 3.65. The van der Waals surface area contributed by atoms with E-state index in [1.165, 1.54) is 0 Å². The number of amides is 3. The van der Waals surface area contributed by atoms with Crippen LogP contribution in [0.15, 0.2) is 12.1 Å². The van der Waals surface area contributed by atoms with Gasteiger partial charge < -0.3 is 14.8 Å². The Hall–Kier alpha value is -2.91. The SMILES string of the molecule is O=CNCC1CN(c2cc(F)c(N3CCOC3=O)c(F)c2)C(=O)O1. The molecule has 128 valence electrons. The van der Waals surface area contributed by atoms with E-state index in [4.69, 9.17) is 4.74 Å². The molecule has 1 aromatic carbocycles. The van der Waals surface area contributed by atoms with Gasteiger partial charge in [-0.2, -0.15) is 0 Å². The monoisotopic (exact) mass is 341 g/mol. The van der Waals surface area contributed by atoms with Gasteiger partial charge in [-0.15, -0.1) is 0 Å². The molecule has 0 saturated carbocycles. The number of cyclic esters (lactones) is 2. The van der Waals surface area contributed by atoms with Gasteiger partial charge in [0.2, 0.25) is 6.41 Å². The molecule has 8 nitrogen and oxygen atoms in total. The fourth-order valence-corrected chi connectivity index (χ4v) is 2.58. The number of rotatable bonds is 5. The van der Waals surface area contributed by atoms with Crippen LogP contribution in [0, 0.1) is 11.6 Å². The van der Waals surface area contributed by atoms with Crippen molar-refractivity contribution >= 4 is 30.0 Å². The molecule has 0 radical (unpaired) electrons. The molecule has 2 aliphatic rings. The minimum Gasteiger partial charge on any atom is -0.447 e. The maximum Gasteiger partial charge on any atom is 0.414 e. The van der Waals surface area contributed by atoms with Crippen molar-refractivity contribution in [3.63, 3.8) is 0 Å². The molecule has 0 spiro atoms. The molecule has 0 bridgehead atoms. The molecule has 2 aliphatic heterocycles. The molecule has 0 aliphatic carbocycles. The van der Waals surface area contributed by atoms with Crippen LogP contribution in [0.3, 0.4) is 0 Å². The molecule has 2 fully saturated rings. The van der Waals surface area contributed by atoms with Crippen molar-refractivity contribution in [2.75, 3.05) is 36.0 Å². The Morgan fingerprint density at radius 3 is 2.50 bits per heavy atom. The second-order valence-electron chi connectivity index (χ2n) is 5.17. The van der Waals surface area contributed by atoms with Crippen LogP contribution in [0.1, 0.15) is 0 Å². The van der Waals surface area contributed by atoms with Gasteiger partial charge in [0, 0.05) is 12.1 Å². The molecule has 3 amide bonds. The second kappa shape index (κ2) is 6.30. The van der Waals surface area contributed by atoms with Crippen LogP contribution < -0.4 is 15.1 Å². The zero-order chi connectivity index (χ0) is 17.3. The molecule has 1 atom stereocenters. The minimum atomic E-state index is -0.994. The summed E-state index contributed by atoms with van der Waals surface area (Å²) in [6.45, 7) is 0.207. The molecule has 24 heavy (non-hydrogen) atoms. The summed E-state index contributed by atoms with van der Waals surface area (Å²) < 4.78 is 38.2. The summed E-state index contributed by atoms with van der Waals surface area (Å²) in [4.78, 5) is 35.5. The summed E-state index contributed by atoms with van der Waals surface area (Å²) in [6, 6.07) is 1.89. The number of carbonyl (C=O) groups is 3. The smallest absolute Gasteiger partial charge is 0.414 e. The lowest BCUT2D eigenvalue weighted by atomic mass is 10.2. The first kappa shape index (κ1) is 16.0. The van der Waals surface area contributed by atoms with E-state index >= 15 is 0 Å². The molecular formula is C14H13F2N3O5. The standard InChI is InChI=1S/C14H13F2N3O5/c15-10-3-8(19-6-9(5-17-7-20)24-14(19)22)4-11(16)12(10)18-1-2-23-13(18)21/h3-4,7,9H,1-2,5-6H2,(H,17,20). The van der Waals surface area contributed by atoms with E-state index in [9.17, 15) is 23.2 Å². The number of hydrogen-bond donors (Lipinski definition) is 1. The van der Waals surface area contributed by atoms with E-state index in [0.717, 1.165) is 21.9 Å². The van der Waals surface area contributed by atoms with Crippen molar-refractivity contribution in [1.29, 1.82) is 0 Å². The highest BCUT2D eigenvalue weighted by molar-refractivity contribution is 5.92. The molecule has 0 aromatic heterocycles. The summed E-state index contributed by atoms with van der Waals surface area (Å²) in [6.07, 6.45) is -1.78. The number of ether oxygens (including phenoxy) is 2. The second-order valence-corrected chi connectivity index (χ2v) is 5.17. The third kappa shape index (κ3) is 2.82. The average Bonchev–Trinajstić information content (AvgIpc) is 3.11. The van der Waals surface area contributed by atoms with Gasteiger partial charge in [-0.1, -0.05) is 0 Å². The zero-order valence-electron chi connectivity index (χ0n) is 12.3. The van der Waals surface area contributed by atoms with Crippen molar-refractivity contribution < 1.29 is 32.6 Å². The van der Waals surface area contributed by atoms with Crippen LogP contribution in [-0.2, 0) is 14.3 Å². The quantitative estimate of drug-likeness (QED) is 0.807. The van der Waals surface area contributed by atoms with Crippen LogP contribution in [0.5, 0.6) is 0 Å². The predicted octanol–water partition coefficient (Wildman–Crippen LogP) is 0.993. The van der Waals surface area contributed by atoms with E-state index < -0.39 is 35.6 Å². The first-order valence-electron chi connectivity index (χ1n) is 7.09. The third-order valence-electron chi connectivity index (χ3n) is 3.65. The lowest BCUT2D eigenvalue weighted by Crippen LogP contribution is -2.30. The number of nitrogens with zero attached hydrogens (tertiary/aromatic N) is 2. The minimum absolute atomic E-state index is 0.0314. The molecule has 3 rings (SSSR count). The van der Waals surface area contributed by atoms with Crippen molar-refractivity contribution in [3.8, 4) is 0 Å². The van der Waals surface area contributed by atoms with E-state index in [-0.39, 0.29) is 31.9 Å². The molecule has 2 heterocycles. The Bertz CT molecular complexity index is 676. The molecule has 1 aromatic rings. The van der Waals surface area contributed by atoms with Crippen molar-refractivity contribution in [3.05, 3.63) is 23.8 Å². The van der Waals surface area contributed by atoms with Gasteiger partial charge in [-0.3, -0.25) is 14.6 Å². The summed E-state index contributed by atoms with van der Waals surface area (Å²) in [5.41, 5.74) is -0.562. The number of nitrogens with one attached hydrogen (secondary N) is 1. The maximum absolute atomic E-state index is 14.3. The fraction of sp³-hybridized carbons (Fsp3) is 0.357. The largest absolute Gasteiger partial charge is 0.447 e. The zero-order valence-corrected chi connectivity index (χ0v) is 12.3. The number of halogens is 2. The van der Waals surface area contributed by atoms with E-state index in [0.29, 0.717) is 6.41 Å². The molecule has 10 heteroatoms. The first-order chi connectivity index (χ1) is 11.5. The van der Waals surface area contributed by atoms with E-state index in [1.807, 2.05) is 0 Å². The number of carbonyl (C=O) groups excluding carboxylic acids is 3. The van der Waals surface area contributed by atoms with Crippen LogP contribution >= 0.6 is 0 Å². The van der Waals surface area contributed by atoms with Crippen molar-refractivity contribution in [2.45, 2.75) is 6.10 Å². The highest BCUT2D eigenvalue weighted by Crippen LogP contribution is 2.32. The number of hydrogen-bond acceptors (Lipinski definition) is 5. The fourth-order valence-electron chi connectivity index (χ4n) is 2.58. The topological polar surface area (TPSA) is 88.2 Å². The Kier molecular flexibility index (Phi) is 4.19. The Labute approximate surface area is 134 Å². The van der Waals surface area contributed by atoms with Crippen LogP contribution in [-0.4, -0.2) is 50.9 Å². The Balaban J connectivity index is 1.84. The lowest BCUT2D eigenvalue weighted by molar-refractivity contribution is -0.109. The predicted molar refractivity (Wildman–Crippen MR) is 76.7 cm³/mol. The first-order valence-corrected chi connectivity index (χ1v) is 7.09. The number of anilines is 2. The number of benzene rings is 1. The van der Waals surface area contributed by atoms with Crippen molar-refractivity contribution in [2.24, 2.45) is 0 Å². The summed E-state index contributed by atoms with van der Waals surface area (Å²) in [5.74, 6) is -1.99. The Morgan fingerprint density at radius 1 is 1.21 bits per heavy atom. The molecule has 2 saturated heterocycles. The van der Waals surface area contributed by atoms with Gasteiger partial charge in [0.1, 0.15) is 18.4 Å². The van der Waals surface area contributed by atoms with Gasteiger partial charge in [-0.05, 0) is 0 Å². The maximum atomic E-state index is 14.3. The summed E-state index contributed by atoms with van der Waals surface area (Å²) >= 11 is 0. The van der Waals surface area contributed by atoms with E-state index in [2.05, 4.69) is 10.1 Å². The molecule has 1 N–H and O–H groups in total. The normalized spacial score (nSPS) is 20.2. The van der Waals surface area contributed by atoms with Crippen LogP contribution in [0.25, 0.3) is 0 Å². The van der Waals surface area contributed by atoms with Gasteiger partial charge in [-0.25, -0.2) is 18.4 Å². The lowest BCUT2D eigenvalue weighted by Gasteiger charge is -2.18. The Morgan fingerprint density at radius 2 is 1.92 bits per heavy atom. The van der Waals surface area contributed by atoms with Gasteiger partial charge in [0.05, 0.1) is 25.3 Å². The van der Waals surface area contributed by atoms with Gasteiger partial charge >= 0.3 is 12.2 Å². The summed E-state index contributed by atoms with van der Waals surface area (Å²) in [5, 5.41) is 2.37. The van der Waals surface area contributed by atoms with Gasteiger partial charge in [0.15, 0.2) is 11.6 Å². The highest BCUT2D eigenvalue weighted by Gasteiger charge is 2.35. The van der Waals surface area contributed by atoms with Crippen LogP contribution in [0.4, 0.5) is 29.7 Å². The highest BCUT2D eigenvalue weighted by atomic mass is 19.1. The summed E-state index contributed by atoms with van der Waals surface area (Å²) in [7, 11) is 0. The van der Waals surface area contributed by atoms with Crippen LogP contribution in [0.2, 0.25) is 0 Å². The van der Waals surface area contributed by atoms with E-state index in [1.54, 1.807) is 0 Å². The molecular weight excluding hydrogens is 328 g/mol. The molecule has 1 unspecified atom stereocenters. The van der Waals surface area contributed by atoms with Gasteiger partial charge in [0.25, 0.3) is 0 Å².